The fourth-order valence-electron chi connectivity index (χ4n) is 9.97. The largest absolute Gasteiger partial charge is 0.462 e. The van der Waals surface area contributed by atoms with Gasteiger partial charge in [0.1, 0.15) is 13.2 Å². The van der Waals surface area contributed by atoms with Gasteiger partial charge in [-0.1, -0.05) is 308 Å². The molecule has 1 unspecified atom stereocenters. The molecule has 0 aliphatic carbocycles. The summed E-state index contributed by atoms with van der Waals surface area (Å²) in [7, 11) is 0. The van der Waals surface area contributed by atoms with Gasteiger partial charge >= 0.3 is 17.9 Å². The van der Waals surface area contributed by atoms with Gasteiger partial charge in [-0.25, -0.2) is 0 Å². The average Bonchev–Trinajstić information content (AvgIpc) is 3.39. The van der Waals surface area contributed by atoms with Crippen molar-refractivity contribution in [3.8, 4) is 0 Å². The fraction of sp³-hybridized carbons (Fsp3) is 0.896. The van der Waals surface area contributed by atoms with Gasteiger partial charge in [-0.05, 0) is 64.2 Å². The summed E-state index contributed by atoms with van der Waals surface area (Å²) in [4.78, 5) is 38.2. The Morgan fingerprint density at radius 1 is 0.260 bits per heavy atom. The minimum Gasteiger partial charge on any atom is -0.462 e. The maximum Gasteiger partial charge on any atom is 0.306 e. The molecular formula is C67H126O6. The van der Waals surface area contributed by atoms with E-state index in [1.54, 1.807) is 0 Å². The van der Waals surface area contributed by atoms with Crippen LogP contribution >= 0.6 is 0 Å². The van der Waals surface area contributed by atoms with Crippen LogP contribution in [0.2, 0.25) is 0 Å². The molecule has 0 aromatic heterocycles. The maximum atomic E-state index is 12.9. The Labute approximate surface area is 455 Å². The second-order valence-corrected chi connectivity index (χ2v) is 22.4. The van der Waals surface area contributed by atoms with Crippen LogP contribution in [0.3, 0.4) is 0 Å². The molecule has 0 amide bonds. The molecule has 0 aliphatic heterocycles. The Morgan fingerprint density at radius 2 is 0.479 bits per heavy atom. The lowest BCUT2D eigenvalue weighted by molar-refractivity contribution is -0.167. The van der Waals surface area contributed by atoms with Crippen molar-refractivity contribution in [1.82, 2.24) is 0 Å². The summed E-state index contributed by atoms with van der Waals surface area (Å²) in [5.74, 6) is -0.854. The lowest BCUT2D eigenvalue weighted by atomic mass is 10.0. The number of rotatable bonds is 61. The second kappa shape index (κ2) is 62.4. The van der Waals surface area contributed by atoms with Crippen LogP contribution in [0.1, 0.15) is 367 Å². The van der Waals surface area contributed by atoms with Crippen LogP contribution < -0.4 is 0 Å². The molecule has 0 heterocycles. The highest BCUT2D eigenvalue weighted by atomic mass is 16.6. The molecule has 0 saturated carbocycles. The van der Waals surface area contributed by atoms with E-state index in [1.807, 2.05) is 0 Å². The third kappa shape index (κ3) is 60.6. The van der Waals surface area contributed by atoms with E-state index in [9.17, 15) is 14.4 Å². The number of ether oxygens (including phenoxy) is 3. The van der Waals surface area contributed by atoms with Gasteiger partial charge in [-0.3, -0.25) is 14.4 Å². The number of hydrogen-bond donors (Lipinski definition) is 0. The van der Waals surface area contributed by atoms with E-state index in [1.165, 1.54) is 257 Å². The molecular weight excluding hydrogens is 901 g/mol. The predicted molar refractivity (Wildman–Crippen MR) is 316 cm³/mol. The van der Waals surface area contributed by atoms with Gasteiger partial charge in [-0.2, -0.15) is 0 Å². The molecule has 73 heavy (non-hydrogen) atoms. The van der Waals surface area contributed by atoms with Crippen LogP contribution in [-0.2, 0) is 28.6 Å². The van der Waals surface area contributed by atoms with Gasteiger partial charge in [-0.15, -0.1) is 0 Å². The molecule has 0 fully saturated rings. The van der Waals surface area contributed by atoms with Gasteiger partial charge in [0, 0.05) is 19.3 Å². The summed E-state index contributed by atoms with van der Waals surface area (Å²) in [6.45, 7) is 6.64. The first-order chi connectivity index (χ1) is 36.0. The third-order valence-corrected chi connectivity index (χ3v) is 14.9. The zero-order chi connectivity index (χ0) is 52.9. The molecule has 0 spiro atoms. The molecule has 0 aliphatic rings. The number of carbonyl (C=O) groups is 3. The van der Waals surface area contributed by atoms with Crippen LogP contribution in [0, 0.1) is 0 Å². The van der Waals surface area contributed by atoms with Crippen LogP contribution in [0.5, 0.6) is 0 Å². The third-order valence-electron chi connectivity index (χ3n) is 14.9. The zero-order valence-electron chi connectivity index (χ0n) is 49.4. The second-order valence-electron chi connectivity index (χ2n) is 22.4. The van der Waals surface area contributed by atoms with Crippen LogP contribution in [0.25, 0.3) is 0 Å². The van der Waals surface area contributed by atoms with Crippen molar-refractivity contribution in [2.24, 2.45) is 0 Å². The molecule has 6 heteroatoms. The van der Waals surface area contributed by atoms with Gasteiger partial charge in [0.25, 0.3) is 0 Å². The van der Waals surface area contributed by atoms with Crippen molar-refractivity contribution in [2.75, 3.05) is 13.2 Å². The van der Waals surface area contributed by atoms with E-state index in [2.05, 4.69) is 45.1 Å². The molecule has 0 aromatic carbocycles. The highest BCUT2D eigenvalue weighted by Crippen LogP contribution is 2.18. The first-order valence-corrected chi connectivity index (χ1v) is 32.8. The number of carbonyl (C=O) groups excluding carboxylic acids is 3. The summed E-state index contributed by atoms with van der Waals surface area (Å²) in [5, 5.41) is 0. The molecule has 6 nitrogen and oxygen atoms in total. The molecule has 0 saturated heterocycles. The Hall–Kier alpha value is -2.11. The van der Waals surface area contributed by atoms with Crippen molar-refractivity contribution >= 4 is 17.9 Å². The van der Waals surface area contributed by atoms with Gasteiger partial charge < -0.3 is 14.2 Å². The highest BCUT2D eigenvalue weighted by molar-refractivity contribution is 5.71. The van der Waals surface area contributed by atoms with Crippen molar-refractivity contribution in [2.45, 2.75) is 374 Å². The summed E-state index contributed by atoms with van der Waals surface area (Å²) in [6.07, 6.45) is 74.9. The number of unbranched alkanes of at least 4 members (excludes halogenated alkanes) is 46. The Morgan fingerprint density at radius 3 is 0.740 bits per heavy atom. The predicted octanol–water partition coefficient (Wildman–Crippen LogP) is 22.2. The maximum absolute atomic E-state index is 12.9. The average molecular weight is 1030 g/mol. The Kier molecular flexibility index (Phi) is 60.6. The molecule has 1 atom stereocenters. The van der Waals surface area contributed by atoms with E-state index in [0.29, 0.717) is 19.3 Å². The molecule has 0 rings (SSSR count). The molecule has 0 bridgehead atoms. The number of hydrogen-bond acceptors (Lipinski definition) is 6. The quantitative estimate of drug-likeness (QED) is 0.0261. The fourth-order valence-corrected chi connectivity index (χ4v) is 9.97. The van der Waals surface area contributed by atoms with Crippen molar-refractivity contribution in [3.05, 3.63) is 24.3 Å². The molecule has 0 radical (unpaired) electrons. The topological polar surface area (TPSA) is 78.9 Å². The summed E-state index contributed by atoms with van der Waals surface area (Å²) in [5.41, 5.74) is 0. The first kappa shape index (κ1) is 70.9. The Balaban J connectivity index is 4.13. The molecule has 0 aromatic rings. The zero-order valence-corrected chi connectivity index (χ0v) is 49.4. The minimum absolute atomic E-state index is 0.0684. The van der Waals surface area contributed by atoms with Crippen molar-refractivity contribution in [3.63, 3.8) is 0 Å². The smallest absolute Gasteiger partial charge is 0.306 e. The lowest BCUT2D eigenvalue weighted by Crippen LogP contribution is -2.30. The van der Waals surface area contributed by atoms with E-state index in [0.717, 1.165) is 70.6 Å². The van der Waals surface area contributed by atoms with Gasteiger partial charge in [0.2, 0.25) is 0 Å². The standard InChI is InChI=1S/C67H126O6/c1-4-7-10-13-16-19-22-24-26-28-30-31-32-33-34-35-36-37-38-40-41-43-45-48-51-54-57-60-66(69)72-63-64(62-71-65(68)59-56-53-50-47-21-18-15-12-9-6-3)73-67(70)61-58-55-52-49-46-44-42-39-29-27-25-23-20-17-14-11-8-5-2/h12,15,28,30,64H,4-11,13-14,16-27,29,31-63H2,1-3H3/b15-12-,30-28-. The molecule has 0 N–H and O–H groups in total. The normalized spacial score (nSPS) is 12.1. The summed E-state index contributed by atoms with van der Waals surface area (Å²) >= 11 is 0. The number of esters is 3. The summed E-state index contributed by atoms with van der Waals surface area (Å²) < 4.78 is 16.9. The monoisotopic (exact) mass is 1030 g/mol. The van der Waals surface area contributed by atoms with Crippen LogP contribution in [-0.4, -0.2) is 37.2 Å². The highest BCUT2D eigenvalue weighted by Gasteiger charge is 2.19. The van der Waals surface area contributed by atoms with Crippen LogP contribution in [0.15, 0.2) is 24.3 Å². The molecule has 430 valence electrons. The van der Waals surface area contributed by atoms with E-state index in [-0.39, 0.29) is 31.1 Å². The minimum atomic E-state index is -0.770. The SMILES string of the molecule is CCC/C=C\CCCCCCCC(=O)OCC(COC(=O)CCCCCCCCCCCCCCCCC/C=C\CCCCCCCCCC)OC(=O)CCCCCCCCCCCCCCCCCCCC. The first-order valence-electron chi connectivity index (χ1n) is 32.8. The van der Waals surface area contributed by atoms with E-state index in [4.69, 9.17) is 14.2 Å². The van der Waals surface area contributed by atoms with Crippen LogP contribution in [0.4, 0.5) is 0 Å². The van der Waals surface area contributed by atoms with E-state index < -0.39 is 6.10 Å². The van der Waals surface area contributed by atoms with Crippen molar-refractivity contribution in [1.29, 1.82) is 0 Å². The van der Waals surface area contributed by atoms with Gasteiger partial charge in [0.05, 0.1) is 0 Å². The van der Waals surface area contributed by atoms with Gasteiger partial charge in [0.15, 0.2) is 6.10 Å². The Bertz CT molecular complexity index is 1180. The lowest BCUT2D eigenvalue weighted by Gasteiger charge is -2.18. The van der Waals surface area contributed by atoms with E-state index >= 15 is 0 Å². The summed E-state index contributed by atoms with van der Waals surface area (Å²) in [6, 6.07) is 0. The number of allylic oxidation sites excluding steroid dienone is 4. The van der Waals surface area contributed by atoms with Crippen molar-refractivity contribution < 1.29 is 28.6 Å².